The Kier molecular flexibility index (Phi) is 4.65. The Morgan fingerprint density at radius 1 is 1.50 bits per heavy atom. The number of carbonyl (C=O) groups is 2. The molecule has 0 saturated carbocycles. The zero-order chi connectivity index (χ0) is 14.5. The molecule has 1 unspecified atom stereocenters. The third-order valence-electron chi connectivity index (χ3n) is 2.90. The topological polar surface area (TPSA) is 78.9 Å². The first-order valence-corrected chi connectivity index (χ1v) is 6.17. The molecule has 1 saturated heterocycles. The highest BCUT2D eigenvalue weighted by atomic mass is 19.1. The molecule has 1 aliphatic rings. The first-order valence-electron chi connectivity index (χ1n) is 6.17. The highest BCUT2D eigenvalue weighted by Crippen LogP contribution is 2.10. The fraction of sp³-hybridized carbons (Fsp3) is 0.385. The predicted molar refractivity (Wildman–Crippen MR) is 68.8 cm³/mol. The van der Waals surface area contributed by atoms with Crippen LogP contribution in [0, 0.1) is 5.82 Å². The quantitative estimate of drug-likeness (QED) is 0.843. The highest BCUT2D eigenvalue weighted by Gasteiger charge is 2.27. The molecule has 6 nitrogen and oxygen atoms in total. The second kappa shape index (κ2) is 6.44. The second-order valence-corrected chi connectivity index (χ2v) is 4.49. The van der Waals surface area contributed by atoms with Gasteiger partial charge in [0.25, 0.3) is 0 Å². The molecule has 0 aliphatic carbocycles. The lowest BCUT2D eigenvalue weighted by Crippen LogP contribution is -2.48. The summed E-state index contributed by atoms with van der Waals surface area (Å²) in [7, 11) is 0. The van der Waals surface area contributed by atoms with E-state index in [9.17, 15) is 14.0 Å². The van der Waals surface area contributed by atoms with Gasteiger partial charge >= 0.3 is 5.97 Å². The summed E-state index contributed by atoms with van der Waals surface area (Å²) in [6.07, 6.45) is -0.911. The van der Waals surface area contributed by atoms with Crippen LogP contribution in [0.2, 0.25) is 0 Å². The summed E-state index contributed by atoms with van der Waals surface area (Å²) < 4.78 is 18.0. The zero-order valence-electron chi connectivity index (χ0n) is 10.7. The van der Waals surface area contributed by atoms with Crippen LogP contribution in [0.3, 0.4) is 0 Å². The van der Waals surface area contributed by atoms with Gasteiger partial charge in [-0.3, -0.25) is 9.69 Å². The maximum Gasteiger partial charge on any atom is 0.334 e. The van der Waals surface area contributed by atoms with Gasteiger partial charge in [0.2, 0.25) is 5.91 Å². The molecule has 1 fully saturated rings. The molecule has 108 valence electrons. The number of morpholine rings is 1. The maximum absolute atomic E-state index is 13.0. The van der Waals surface area contributed by atoms with Crippen molar-refractivity contribution < 1.29 is 23.8 Å². The van der Waals surface area contributed by atoms with Crippen molar-refractivity contribution in [3.63, 3.8) is 0 Å². The molecule has 1 amide bonds. The van der Waals surface area contributed by atoms with E-state index in [0.717, 1.165) is 0 Å². The van der Waals surface area contributed by atoms with Crippen molar-refractivity contribution in [3.8, 4) is 0 Å². The molecule has 0 radical (unpaired) electrons. The molecule has 7 heteroatoms. The second-order valence-electron chi connectivity index (χ2n) is 4.49. The van der Waals surface area contributed by atoms with Crippen LogP contribution in [0.25, 0.3) is 0 Å². The first kappa shape index (κ1) is 14.4. The number of hydrogen-bond donors (Lipinski definition) is 2. The zero-order valence-corrected chi connectivity index (χ0v) is 10.7. The standard InChI is InChI=1S/C13H15FN2O4/c14-9-2-1-3-10(6-9)15-12(17)8-16-4-5-20-11(7-16)13(18)19/h1-3,6,11H,4-5,7-8H2,(H,15,17)(H,18,19). The first-order chi connectivity index (χ1) is 9.54. The number of hydrogen-bond acceptors (Lipinski definition) is 4. The number of aliphatic carboxylic acids is 1. The van der Waals surface area contributed by atoms with Crippen molar-refractivity contribution in [1.29, 1.82) is 0 Å². The Balaban J connectivity index is 1.86. The molecule has 1 aromatic carbocycles. The van der Waals surface area contributed by atoms with Crippen molar-refractivity contribution in [3.05, 3.63) is 30.1 Å². The number of halogens is 1. The van der Waals surface area contributed by atoms with E-state index in [1.165, 1.54) is 18.2 Å². The third kappa shape index (κ3) is 4.01. The van der Waals surface area contributed by atoms with Crippen LogP contribution >= 0.6 is 0 Å². The summed E-state index contributed by atoms with van der Waals surface area (Å²) in [6.45, 7) is 0.958. The summed E-state index contributed by atoms with van der Waals surface area (Å²) in [6, 6.07) is 5.59. The molecule has 2 rings (SSSR count). The molecule has 2 N–H and O–H groups in total. The largest absolute Gasteiger partial charge is 0.479 e. The minimum atomic E-state index is -1.04. The van der Waals surface area contributed by atoms with Gasteiger partial charge in [-0.1, -0.05) is 6.07 Å². The Morgan fingerprint density at radius 3 is 3.00 bits per heavy atom. The number of amides is 1. The highest BCUT2D eigenvalue weighted by molar-refractivity contribution is 5.92. The normalized spacial score (nSPS) is 19.6. The summed E-state index contributed by atoms with van der Waals surface area (Å²) in [5, 5.41) is 11.4. The molecule has 1 atom stereocenters. The predicted octanol–water partition coefficient (Wildman–Crippen LogP) is 0.550. The number of anilines is 1. The SMILES string of the molecule is O=C(CN1CCOC(C(=O)O)C1)Nc1cccc(F)c1. The number of carboxylic acid groups (broad SMARTS) is 1. The van der Waals surface area contributed by atoms with E-state index in [1.807, 2.05) is 0 Å². The molecule has 0 spiro atoms. The van der Waals surface area contributed by atoms with E-state index in [1.54, 1.807) is 11.0 Å². The Hall–Kier alpha value is -1.99. The van der Waals surface area contributed by atoms with Gasteiger partial charge < -0.3 is 15.2 Å². The number of nitrogens with one attached hydrogen (secondary N) is 1. The number of carbonyl (C=O) groups excluding carboxylic acids is 1. The van der Waals surface area contributed by atoms with Gasteiger partial charge in [-0.25, -0.2) is 9.18 Å². The number of benzene rings is 1. The lowest BCUT2D eigenvalue weighted by atomic mass is 10.2. The average molecular weight is 282 g/mol. The molecular weight excluding hydrogens is 267 g/mol. The summed E-state index contributed by atoms with van der Waals surface area (Å²) in [4.78, 5) is 24.3. The minimum absolute atomic E-state index is 0.0453. The average Bonchev–Trinajstić information content (AvgIpc) is 2.38. The monoisotopic (exact) mass is 282 g/mol. The Bertz CT molecular complexity index is 509. The molecule has 0 bridgehead atoms. The van der Waals surface area contributed by atoms with Crippen molar-refractivity contribution in [2.75, 3.05) is 31.6 Å². The fourth-order valence-corrected chi connectivity index (χ4v) is 1.97. The molecular formula is C13H15FN2O4. The summed E-state index contributed by atoms with van der Waals surface area (Å²) in [5.41, 5.74) is 0.373. The number of rotatable bonds is 4. The fourth-order valence-electron chi connectivity index (χ4n) is 1.97. The van der Waals surface area contributed by atoms with E-state index in [0.29, 0.717) is 12.2 Å². The van der Waals surface area contributed by atoms with Gasteiger partial charge in [-0.05, 0) is 18.2 Å². The van der Waals surface area contributed by atoms with Crippen LogP contribution in [0.5, 0.6) is 0 Å². The van der Waals surface area contributed by atoms with E-state index in [2.05, 4.69) is 5.32 Å². The number of carboxylic acids is 1. The van der Waals surface area contributed by atoms with Crippen molar-refractivity contribution in [1.82, 2.24) is 4.90 Å². The molecule has 1 aromatic rings. The maximum atomic E-state index is 13.0. The number of ether oxygens (including phenoxy) is 1. The molecule has 20 heavy (non-hydrogen) atoms. The van der Waals surface area contributed by atoms with Gasteiger partial charge in [0.15, 0.2) is 6.10 Å². The van der Waals surface area contributed by atoms with Gasteiger partial charge in [0, 0.05) is 18.8 Å². The smallest absolute Gasteiger partial charge is 0.334 e. The minimum Gasteiger partial charge on any atom is -0.479 e. The van der Waals surface area contributed by atoms with Crippen LogP contribution in [0.15, 0.2) is 24.3 Å². The van der Waals surface area contributed by atoms with E-state index >= 15 is 0 Å². The van der Waals surface area contributed by atoms with Gasteiger partial charge in [0.05, 0.1) is 13.2 Å². The summed E-state index contributed by atoms with van der Waals surface area (Å²) in [5.74, 6) is -1.79. The molecule has 1 aliphatic heterocycles. The van der Waals surface area contributed by atoms with Crippen molar-refractivity contribution in [2.24, 2.45) is 0 Å². The van der Waals surface area contributed by atoms with E-state index in [-0.39, 0.29) is 25.6 Å². The molecule has 0 aromatic heterocycles. The summed E-state index contributed by atoms with van der Waals surface area (Å²) >= 11 is 0. The van der Waals surface area contributed by atoms with E-state index < -0.39 is 17.9 Å². The molecule has 1 heterocycles. The van der Waals surface area contributed by atoms with E-state index in [4.69, 9.17) is 9.84 Å². The van der Waals surface area contributed by atoms with Crippen LogP contribution in [0.4, 0.5) is 10.1 Å². The van der Waals surface area contributed by atoms with Crippen LogP contribution in [0.1, 0.15) is 0 Å². The van der Waals surface area contributed by atoms with Crippen LogP contribution in [-0.2, 0) is 14.3 Å². The lowest BCUT2D eigenvalue weighted by Gasteiger charge is -2.30. The van der Waals surface area contributed by atoms with Gasteiger partial charge in [0.1, 0.15) is 5.82 Å². The van der Waals surface area contributed by atoms with Gasteiger partial charge in [-0.2, -0.15) is 0 Å². The van der Waals surface area contributed by atoms with Crippen molar-refractivity contribution >= 4 is 17.6 Å². The van der Waals surface area contributed by atoms with Gasteiger partial charge in [-0.15, -0.1) is 0 Å². The lowest BCUT2D eigenvalue weighted by molar-refractivity contribution is -0.156. The third-order valence-corrected chi connectivity index (χ3v) is 2.90. The van der Waals surface area contributed by atoms with Crippen LogP contribution in [-0.4, -0.2) is 54.2 Å². The van der Waals surface area contributed by atoms with Crippen molar-refractivity contribution in [2.45, 2.75) is 6.10 Å². The van der Waals surface area contributed by atoms with Crippen LogP contribution < -0.4 is 5.32 Å². The Labute approximate surface area is 115 Å². The number of nitrogens with zero attached hydrogens (tertiary/aromatic N) is 1. The Morgan fingerprint density at radius 2 is 2.30 bits per heavy atom.